The predicted molar refractivity (Wildman–Crippen MR) is 98.7 cm³/mol. The molecule has 0 aliphatic carbocycles. The van der Waals surface area contributed by atoms with Crippen LogP contribution in [0.3, 0.4) is 0 Å². The summed E-state index contributed by atoms with van der Waals surface area (Å²) < 4.78 is 16.3. The van der Waals surface area contributed by atoms with E-state index < -0.39 is 0 Å². The SMILES string of the molecule is COc1cc(C)ccc1OCc1nc(C(=O)NCc2ccncc2C)co1. The second kappa shape index (κ2) is 8.35. The summed E-state index contributed by atoms with van der Waals surface area (Å²) in [4.78, 5) is 20.5. The number of hydrogen-bond donors (Lipinski definition) is 1. The molecular weight excluding hydrogens is 346 g/mol. The second-order valence-corrected chi connectivity index (χ2v) is 6.05. The smallest absolute Gasteiger partial charge is 0.273 e. The van der Waals surface area contributed by atoms with Crippen LogP contribution < -0.4 is 14.8 Å². The Kier molecular flexibility index (Phi) is 5.71. The van der Waals surface area contributed by atoms with Crippen molar-refractivity contribution in [3.8, 4) is 11.5 Å². The number of carbonyl (C=O) groups is 1. The molecule has 0 radical (unpaired) electrons. The second-order valence-electron chi connectivity index (χ2n) is 6.05. The normalized spacial score (nSPS) is 10.5. The Morgan fingerprint density at radius 1 is 1.22 bits per heavy atom. The lowest BCUT2D eigenvalue weighted by Crippen LogP contribution is -2.23. The van der Waals surface area contributed by atoms with Crippen molar-refractivity contribution < 1.29 is 18.7 Å². The molecule has 0 aliphatic rings. The number of aromatic nitrogens is 2. The van der Waals surface area contributed by atoms with E-state index in [-0.39, 0.29) is 18.2 Å². The van der Waals surface area contributed by atoms with Crippen molar-refractivity contribution in [1.82, 2.24) is 15.3 Å². The van der Waals surface area contributed by atoms with Crippen molar-refractivity contribution in [3.05, 3.63) is 71.2 Å². The van der Waals surface area contributed by atoms with Gasteiger partial charge in [-0.1, -0.05) is 6.07 Å². The summed E-state index contributed by atoms with van der Waals surface area (Å²) >= 11 is 0. The minimum Gasteiger partial charge on any atom is -0.493 e. The molecule has 1 amide bonds. The summed E-state index contributed by atoms with van der Waals surface area (Å²) in [6.07, 6.45) is 4.77. The van der Waals surface area contributed by atoms with Crippen molar-refractivity contribution in [2.24, 2.45) is 0 Å². The van der Waals surface area contributed by atoms with E-state index in [1.54, 1.807) is 19.5 Å². The fourth-order valence-corrected chi connectivity index (χ4v) is 2.48. The number of benzene rings is 1. The highest BCUT2D eigenvalue weighted by atomic mass is 16.5. The molecule has 7 heteroatoms. The van der Waals surface area contributed by atoms with Crippen LogP contribution in [0.5, 0.6) is 11.5 Å². The topological polar surface area (TPSA) is 86.5 Å². The molecule has 2 heterocycles. The molecule has 1 N–H and O–H groups in total. The third kappa shape index (κ3) is 4.63. The van der Waals surface area contributed by atoms with Gasteiger partial charge in [-0.05, 0) is 48.7 Å². The third-order valence-electron chi connectivity index (χ3n) is 4.03. The van der Waals surface area contributed by atoms with Crippen molar-refractivity contribution in [1.29, 1.82) is 0 Å². The number of rotatable bonds is 7. The summed E-state index contributed by atoms with van der Waals surface area (Å²) in [6.45, 7) is 4.40. The molecular formula is C20H21N3O4. The number of methoxy groups -OCH3 is 1. The van der Waals surface area contributed by atoms with Crippen LogP contribution in [-0.2, 0) is 13.2 Å². The van der Waals surface area contributed by atoms with Gasteiger partial charge in [0.05, 0.1) is 7.11 Å². The fraction of sp³-hybridized carbons (Fsp3) is 0.250. The van der Waals surface area contributed by atoms with E-state index in [9.17, 15) is 4.79 Å². The van der Waals surface area contributed by atoms with Gasteiger partial charge in [0.2, 0.25) is 5.89 Å². The quantitative estimate of drug-likeness (QED) is 0.690. The Labute approximate surface area is 157 Å². The zero-order valence-electron chi connectivity index (χ0n) is 15.5. The predicted octanol–water partition coefficient (Wildman–Crippen LogP) is 3.20. The van der Waals surface area contributed by atoms with Gasteiger partial charge >= 0.3 is 0 Å². The largest absolute Gasteiger partial charge is 0.493 e. The molecule has 0 saturated carbocycles. The van der Waals surface area contributed by atoms with Crippen LogP contribution in [0.4, 0.5) is 0 Å². The summed E-state index contributed by atoms with van der Waals surface area (Å²) in [5.41, 5.74) is 3.28. The van der Waals surface area contributed by atoms with E-state index in [4.69, 9.17) is 13.9 Å². The third-order valence-corrected chi connectivity index (χ3v) is 4.03. The zero-order chi connectivity index (χ0) is 19.2. The lowest BCUT2D eigenvalue weighted by atomic mass is 10.1. The molecule has 1 aromatic carbocycles. The molecule has 0 spiro atoms. The van der Waals surface area contributed by atoms with E-state index >= 15 is 0 Å². The Balaban J connectivity index is 1.58. The first-order valence-electron chi connectivity index (χ1n) is 8.46. The van der Waals surface area contributed by atoms with Crippen LogP contribution in [0.1, 0.15) is 33.1 Å². The molecule has 140 valence electrons. The molecule has 2 aromatic heterocycles. The Hall–Kier alpha value is -3.35. The van der Waals surface area contributed by atoms with Gasteiger partial charge in [0.15, 0.2) is 23.8 Å². The summed E-state index contributed by atoms with van der Waals surface area (Å²) in [5, 5.41) is 2.82. The highest BCUT2D eigenvalue weighted by molar-refractivity contribution is 5.91. The van der Waals surface area contributed by atoms with E-state index in [2.05, 4.69) is 15.3 Å². The number of nitrogens with one attached hydrogen (secondary N) is 1. The van der Waals surface area contributed by atoms with Gasteiger partial charge < -0.3 is 19.2 Å². The maximum Gasteiger partial charge on any atom is 0.273 e. The highest BCUT2D eigenvalue weighted by Gasteiger charge is 2.14. The monoisotopic (exact) mass is 367 g/mol. The Morgan fingerprint density at radius 3 is 2.85 bits per heavy atom. The van der Waals surface area contributed by atoms with E-state index in [1.807, 2.05) is 38.1 Å². The first-order chi connectivity index (χ1) is 13.1. The van der Waals surface area contributed by atoms with E-state index in [0.717, 1.165) is 16.7 Å². The van der Waals surface area contributed by atoms with Crippen LogP contribution in [0.2, 0.25) is 0 Å². The van der Waals surface area contributed by atoms with Gasteiger partial charge in [0.25, 0.3) is 5.91 Å². The van der Waals surface area contributed by atoms with Gasteiger partial charge in [-0.25, -0.2) is 4.98 Å². The van der Waals surface area contributed by atoms with Crippen LogP contribution in [-0.4, -0.2) is 23.0 Å². The van der Waals surface area contributed by atoms with Crippen LogP contribution >= 0.6 is 0 Å². The molecule has 0 bridgehead atoms. The minimum absolute atomic E-state index is 0.0934. The molecule has 3 rings (SSSR count). The zero-order valence-corrected chi connectivity index (χ0v) is 15.5. The minimum atomic E-state index is -0.311. The molecule has 7 nitrogen and oxygen atoms in total. The number of aryl methyl sites for hydroxylation is 2. The first kappa shape index (κ1) is 18.4. The highest BCUT2D eigenvalue weighted by Crippen LogP contribution is 2.28. The van der Waals surface area contributed by atoms with Crippen molar-refractivity contribution in [3.63, 3.8) is 0 Å². The van der Waals surface area contributed by atoms with Crippen molar-refractivity contribution >= 4 is 5.91 Å². The van der Waals surface area contributed by atoms with Gasteiger partial charge in [0, 0.05) is 18.9 Å². The van der Waals surface area contributed by atoms with E-state index in [0.29, 0.717) is 23.9 Å². The molecule has 3 aromatic rings. The summed E-state index contributed by atoms with van der Waals surface area (Å²) in [7, 11) is 1.58. The van der Waals surface area contributed by atoms with Gasteiger partial charge in [-0.2, -0.15) is 0 Å². The lowest BCUT2D eigenvalue weighted by Gasteiger charge is -2.09. The Bertz CT molecular complexity index is 936. The maximum absolute atomic E-state index is 12.2. The molecule has 27 heavy (non-hydrogen) atoms. The number of pyridine rings is 1. The fourth-order valence-electron chi connectivity index (χ4n) is 2.48. The van der Waals surface area contributed by atoms with Crippen molar-refractivity contribution in [2.45, 2.75) is 27.0 Å². The number of carbonyl (C=O) groups excluding carboxylic acids is 1. The summed E-state index contributed by atoms with van der Waals surface area (Å²) in [6, 6.07) is 7.49. The Morgan fingerprint density at radius 2 is 2.07 bits per heavy atom. The first-order valence-corrected chi connectivity index (χ1v) is 8.46. The average Bonchev–Trinajstić information content (AvgIpc) is 3.15. The number of amides is 1. The lowest BCUT2D eigenvalue weighted by molar-refractivity contribution is 0.0945. The maximum atomic E-state index is 12.2. The number of nitrogens with zero attached hydrogens (tertiary/aromatic N) is 2. The van der Waals surface area contributed by atoms with Gasteiger partial charge in [0.1, 0.15) is 6.26 Å². The van der Waals surface area contributed by atoms with Crippen LogP contribution in [0.15, 0.2) is 47.3 Å². The number of oxazole rings is 1. The molecule has 0 aliphatic heterocycles. The summed E-state index contributed by atoms with van der Waals surface area (Å²) in [5.74, 6) is 1.21. The van der Waals surface area contributed by atoms with Crippen molar-refractivity contribution in [2.75, 3.05) is 7.11 Å². The molecule has 0 saturated heterocycles. The number of hydrogen-bond acceptors (Lipinski definition) is 6. The number of ether oxygens (including phenoxy) is 2. The average molecular weight is 367 g/mol. The van der Waals surface area contributed by atoms with E-state index in [1.165, 1.54) is 6.26 Å². The van der Waals surface area contributed by atoms with Crippen LogP contribution in [0, 0.1) is 13.8 Å². The molecule has 0 unspecified atom stereocenters. The molecule has 0 atom stereocenters. The molecule has 0 fully saturated rings. The van der Waals surface area contributed by atoms with Gasteiger partial charge in [-0.3, -0.25) is 9.78 Å². The standard InChI is InChI=1S/C20H21N3O4/c1-13-4-5-17(18(8-13)25-3)26-12-19-23-16(11-27-19)20(24)22-10-15-6-7-21-9-14(15)2/h4-9,11H,10,12H2,1-3H3,(H,22,24). The van der Waals surface area contributed by atoms with Crippen LogP contribution in [0.25, 0.3) is 0 Å². The van der Waals surface area contributed by atoms with Gasteiger partial charge in [-0.15, -0.1) is 0 Å².